The second-order valence-electron chi connectivity index (χ2n) is 2.46. The molecule has 1 fully saturated rings. The van der Waals surface area contributed by atoms with E-state index in [-0.39, 0.29) is 6.29 Å². The second kappa shape index (κ2) is 3.18. The molecule has 1 saturated heterocycles. The highest BCUT2D eigenvalue weighted by atomic mass is 16.7. The van der Waals surface area contributed by atoms with Crippen LogP contribution in [0.3, 0.4) is 0 Å². The second-order valence-corrected chi connectivity index (χ2v) is 2.46. The Kier molecular flexibility index (Phi) is 2.49. The fourth-order valence-electron chi connectivity index (χ4n) is 1.05. The number of hydrogen-bond acceptors (Lipinski definition) is 2. The number of ether oxygens (including phenoxy) is 2. The molecular weight excluding hydrogens is 116 g/mol. The summed E-state index contributed by atoms with van der Waals surface area (Å²) in [5.74, 6) is 0.588. The van der Waals surface area contributed by atoms with Crippen molar-refractivity contribution in [3.8, 4) is 0 Å². The molecule has 2 heteroatoms. The number of rotatable bonds is 2. The minimum atomic E-state index is 0.0787. The molecule has 1 aliphatic rings. The minimum absolute atomic E-state index is 0.0787. The highest BCUT2D eigenvalue weighted by Crippen LogP contribution is 2.20. The van der Waals surface area contributed by atoms with Gasteiger partial charge in [-0.2, -0.15) is 0 Å². The minimum Gasteiger partial charge on any atom is -0.353 e. The summed E-state index contributed by atoms with van der Waals surface area (Å²) in [6, 6.07) is 0. The van der Waals surface area contributed by atoms with Crippen molar-refractivity contribution >= 4 is 0 Å². The van der Waals surface area contributed by atoms with E-state index in [9.17, 15) is 0 Å². The van der Waals surface area contributed by atoms with Crippen LogP contribution >= 0.6 is 0 Å². The Morgan fingerprint density at radius 2 is 2.44 bits per heavy atom. The zero-order valence-corrected chi connectivity index (χ0v) is 6.09. The molecule has 1 aliphatic heterocycles. The van der Waals surface area contributed by atoms with Gasteiger partial charge in [-0.1, -0.05) is 6.92 Å². The summed E-state index contributed by atoms with van der Waals surface area (Å²) < 4.78 is 10.6. The van der Waals surface area contributed by atoms with Crippen molar-refractivity contribution in [1.29, 1.82) is 0 Å². The Morgan fingerprint density at radius 1 is 1.67 bits per heavy atom. The largest absolute Gasteiger partial charge is 0.353 e. The quantitative estimate of drug-likeness (QED) is 0.562. The van der Waals surface area contributed by atoms with Crippen LogP contribution in [0.5, 0.6) is 0 Å². The molecule has 0 saturated carbocycles. The molecular formula is C7H14O2. The van der Waals surface area contributed by atoms with Gasteiger partial charge in [0.25, 0.3) is 0 Å². The van der Waals surface area contributed by atoms with Gasteiger partial charge in [0.15, 0.2) is 6.29 Å². The van der Waals surface area contributed by atoms with Gasteiger partial charge in [0, 0.05) is 12.5 Å². The molecule has 1 heterocycles. The molecule has 0 aromatic carbocycles. The van der Waals surface area contributed by atoms with Crippen LogP contribution in [0, 0.1) is 5.92 Å². The van der Waals surface area contributed by atoms with E-state index in [1.54, 1.807) is 0 Å². The van der Waals surface area contributed by atoms with Gasteiger partial charge in [0.2, 0.25) is 0 Å². The molecule has 0 spiro atoms. The van der Waals surface area contributed by atoms with E-state index in [0.717, 1.165) is 19.6 Å². The lowest BCUT2D eigenvalue weighted by atomic mass is 10.1. The molecule has 0 N–H and O–H groups in total. The standard InChI is InChI=1S/C7H14O2/c1-3-8-7-6(2)4-5-9-7/h6-7H,3-5H2,1-2H3/t6?,7-/m1/s1. The molecule has 2 atom stereocenters. The molecule has 0 bridgehead atoms. The fraction of sp³-hybridized carbons (Fsp3) is 1.00. The van der Waals surface area contributed by atoms with Gasteiger partial charge >= 0.3 is 0 Å². The Balaban J connectivity index is 2.22. The third kappa shape index (κ3) is 1.66. The fourth-order valence-corrected chi connectivity index (χ4v) is 1.05. The van der Waals surface area contributed by atoms with Crippen molar-refractivity contribution in [2.24, 2.45) is 5.92 Å². The summed E-state index contributed by atoms with van der Waals surface area (Å²) >= 11 is 0. The first-order valence-electron chi connectivity index (χ1n) is 3.57. The average molecular weight is 130 g/mol. The molecule has 0 amide bonds. The van der Waals surface area contributed by atoms with Crippen molar-refractivity contribution in [2.75, 3.05) is 13.2 Å². The monoisotopic (exact) mass is 130 g/mol. The van der Waals surface area contributed by atoms with Crippen LogP contribution in [0.4, 0.5) is 0 Å². The zero-order valence-electron chi connectivity index (χ0n) is 6.09. The van der Waals surface area contributed by atoms with Crippen molar-refractivity contribution in [3.63, 3.8) is 0 Å². The molecule has 1 rings (SSSR count). The van der Waals surface area contributed by atoms with Gasteiger partial charge in [0.1, 0.15) is 0 Å². The van der Waals surface area contributed by atoms with Gasteiger partial charge in [0.05, 0.1) is 6.61 Å². The normalized spacial score (nSPS) is 35.3. The van der Waals surface area contributed by atoms with E-state index in [2.05, 4.69) is 6.92 Å². The molecule has 0 aliphatic carbocycles. The van der Waals surface area contributed by atoms with Crippen LogP contribution in [0.15, 0.2) is 0 Å². The van der Waals surface area contributed by atoms with Crippen molar-refractivity contribution in [3.05, 3.63) is 0 Å². The molecule has 0 aromatic rings. The maximum Gasteiger partial charge on any atom is 0.160 e. The first kappa shape index (κ1) is 7.03. The zero-order chi connectivity index (χ0) is 6.69. The van der Waals surface area contributed by atoms with Crippen molar-refractivity contribution in [1.82, 2.24) is 0 Å². The Labute approximate surface area is 56.2 Å². The highest BCUT2D eigenvalue weighted by Gasteiger charge is 2.23. The molecule has 1 unspecified atom stereocenters. The van der Waals surface area contributed by atoms with Crippen LogP contribution in [-0.2, 0) is 9.47 Å². The first-order valence-corrected chi connectivity index (χ1v) is 3.57. The van der Waals surface area contributed by atoms with Gasteiger partial charge in [-0.25, -0.2) is 0 Å². The smallest absolute Gasteiger partial charge is 0.160 e. The summed E-state index contributed by atoms with van der Waals surface area (Å²) in [7, 11) is 0. The highest BCUT2D eigenvalue weighted by molar-refractivity contribution is 4.63. The summed E-state index contributed by atoms with van der Waals surface area (Å²) in [4.78, 5) is 0. The van der Waals surface area contributed by atoms with Crippen LogP contribution in [0.25, 0.3) is 0 Å². The Bertz CT molecular complexity index is 83.0. The third-order valence-electron chi connectivity index (χ3n) is 1.65. The summed E-state index contributed by atoms with van der Waals surface area (Å²) in [6.45, 7) is 5.78. The summed E-state index contributed by atoms with van der Waals surface area (Å²) in [5.41, 5.74) is 0. The molecule has 9 heavy (non-hydrogen) atoms. The summed E-state index contributed by atoms with van der Waals surface area (Å²) in [5, 5.41) is 0. The molecule has 0 radical (unpaired) electrons. The van der Waals surface area contributed by atoms with E-state index < -0.39 is 0 Å². The predicted octanol–water partition coefficient (Wildman–Crippen LogP) is 1.41. The van der Waals surface area contributed by atoms with Crippen LogP contribution in [-0.4, -0.2) is 19.5 Å². The maximum absolute atomic E-state index is 5.29. The lowest BCUT2D eigenvalue weighted by Crippen LogP contribution is -2.17. The van der Waals surface area contributed by atoms with Gasteiger partial charge in [-0.15, -0.1) is 0 Å². The van der Waals surface area contributed by atoms with Crippen LogP contribution < -0.4 is 0 Å². The first-order chi connectivity index (χ1) is 4.34. The van der Waals surface area contributed by atoms with Crippen LogP contribution in [0.2, 0.25) is 0 Å². The lowest BCUT2D eigenvalue weighted by molar-refractivity contribution is -0.124. The topological polar surface area (TPSA) is 18.5 Å². The van der Waals surface area contributed by atoms with Gasteiger partial charge in [-0.05, 0) is 13.3 Å². The van der Waals surface area contributed by atoms with E-state index in [4.69, 9.17) is 9.47 Å². The molecule has 0 aromatic heterocycles. The third-order valence-corrected chi connectivity index (χ3v) is 1.65. The predicted molar refractivity (Wildman–Crippen MR) is 35.1 cm³/mol. The van der Waals surface area contributed by atoms with Gasteiger partial charge < -0.3 is 9.47 Å². The maximum atomic E-state index is 5.29. The summed E-state index contributed by atoms with van der Waals surface area (Å²) in [6.07, 6.45) is 1.22. The van der Waals surface area contributed by atoms with Gasteiger partial charge in [-0.3, -0.25) is 0 Å². The Hall–Kier alpha value is -0.0800. The van der Waals surface area contributed by atoms with E-state index >= 15 is 0 Å². The van der Waals surface area contributed by atoms with Crippen molar-refractivity contribution < 1.29 is 9.47 Å². The molecule has 54 valence electrons. The van der Waals surface area contributed by atoms with E-state index in [0.29, 0.717) is 5.92 Å². The number of hydrogen-bond donors (Lipinski definition) is 0. The molecule has 2 nitrogen and oxygen atoms in total. The van der Waals surface area contributed by atoms with Crippen LogP contribution in [0.1, 0.15) is 20.3 Å². The average Bonchev–Trinajstić information content (AvgIpc) is 2.18. The van der Waals surface area contributed by atoms with E-state index in [1.165, 1.54) is 0 Å². The van der Waals surface area contributed by atoms with E-state index in [1.807, 2.05) is 6.92 Å². The Morgan fingerprint density at radius 3 is 2.89 bits per heavy atom. The van der Waals surface area contributed by atoms with Crippen molar-refractivity contribution in [2.45, 2.75) is 26.6 Å². The SMILES string of the molecule is CCO[C@@H]1OCCC1C. The lowest BCUT2D eigenvalue weighted by Gasteiger charge is -2.13.